The van der Waals surface area contributed by atoms with E-state index in [0.717, 1.165) is 30.4 Å². The van der Waals surface area contributed by atoms with Crippen LogP contribution in [-0.4, -0.2) is 41.9 Å². The summed E-state index contributed by atoms with van der Waals surface area (Å²) in [5.74, 6) is 0.232. The van der Waals surface area contributed by atoms with E-state index < -0.39 is 11.9 Å². The molecule has 2 fully saturated rings. The second-order valence-corrected chi connectivity index (χ2v) is 9.36. The molecule has 2 aliphatic rings. The second kappa shape index (κ2) is 10.2. The van der Waals surface area contributed by atoms with Gasteiger partial charge in [0, 0.05) is 6.42 Å². The van der Waals surface area contributed by atoms with Gasteiger partial charge in [0.1, 0.15) is 0 Å². The van der Waals surface area contributed by atoms with E-state index in [9.17, 15) is 5.11 Å². The maximum absolute atomic E-state index is 10.5. The van der Waals surface area contributed by atoms with Gasteiger partial charge in [-0.3, -0.25) is 0 Å². The molecule has 0 aromatic rings. The lowest BCUT2D eigenvalue weighted by Gasteiger charge is -2.23. The molecule has 160 valence electrons. The van der Waals surface area contributed by atoms with Crippen LogP contribution in [0.3, 0.4) is 0 Å². The summed E-state index contributed by atoms with van der Waals surface area (Å²) in [5.41, 5.74) is 2.32. The molecule has 2 heterocycles. The van der Waals surface area contributed by atoms with E-state index in [1.165, 1.54) is 0 Å². The number of hydrogen-bond donors (Lipinski definition) is 1. The van der Waals surface area contributed by atoms with Crippen LogP contribution in [-0.2, 0) is 14.2 Å². The lowest BCUT2D eigenvalue weighted by Crippen LogP contribution is -2.25. The van der Waals surface area contributed by atoms with Crippen molar-refractivity contribution in [2.45, 2.75) is 96.9 Å². The summed E-state index contributed by atoms with van der Waals surface area (Å²) in [5, 5.41) is 10.5. The van der Waals surface area contributed by atoms with E-state index in [0.29, 0.717) is 25.4 Å². The summed E-state index contributed by atoms with van der Waals surface area (Å²) >= 11 is 0. The first-order valence-corrected chi connectivity index (χ1v) is 10.7. The van der Waals surface area contributed by atoms with Crippen molar-refractivity contribution in [2.24, 2.45) is 11.8 Å². The Hall–Kier alpha value is -0.940. The summed E-state index contributed by atoms with van der Waals surface area (Å²) < 4.78 is 17.6. The van der Waals surface area contributed by atoms with E-state index in [4.69, 9.17) is 14.2 Å². The van der Waals surface area contributed by atoms with Crippen LogP contribution in [0.5, 0.6) is 0 Å². The zero-order valence-electron chi connectivity index (χ0n) is 18.4. The molecule has 4 nitrogen and oxygen atoms in total. The molecule has 4 heteroatoms. The van der Waals surface area contributed by atoms with E-state index in [1.807, 2.05) is 20.8 Å². The van der Waals surface area contributed by atoms with Crippen molar-refractivity contribution >= 4 is 0 Å². The van der Waals surface area contributed by atoms with Crippen LogP contribution in [0.1, 0.15) is 66.7 Å². The fourth-order valence-electron chi connectivity index (χ4n) is 4.08. The molecular formula is C24H40O4. The van der Waals surface area contributed by atoms with Crippen LogP contribution < -0.4 is 0 Å². The normalized spacial score (nSPS) is 31.9. The average Bonchev–Trinajstić information content (AvgIpc) is 3.08. The van der Waals surface area contributed by atoms with Gasteiger partial charge in [0.15, 0.2) is 5.79 Å². The predicted molar refractivity (Wildman–Crippen MR) is 114 cm³/mol. The third-order valence-corrected chi connectivity index (χ3v) is 5.75. The van der Waals surface area contributed by atoms with Gasteiger partial charge in [-0.1, -0.05) is 50.3 Å². The summed E-state index contributed by atoms with van der Waals surface area (Å²) in [6.45, 7) is 19.0. The first-order chi connectivity index (χ1) is 13.1. The number of rotatable bonds is 10. The van der Waals surface area contributed by atoms with E-state index >= 15 is 0 Å². The molecule has 2 aliphatic heterocycles. The van der Waals surface area contributed by atoms with Crippen molar-refractivity contribution in [1.82, 2.24) is 0 Å². The van der Waals surface area contributed by atoms with Crippen LogP contribution in [0.2, 0.25) is 0 Å². The third kappa shape index (κ3) is 7.47. The minimum Gasteiger partial charge on any atom is -0.393 e. The number of aliphatic hydroxyl groups is 1. The number of allylic oxidation sites excluding steroid dienone is 2. The van der Waals surface area contributed by atoms with Gasteiger partial charge in [-0.05, 0) is 58.3 Å². The Morgan fingerprint density at radius 2 is 2.00 bits per heavy atom. The van der Waals surface area contributed by atoms with Gasteiger partial charge in [-0.15, -0.1) is 0 Å². The van der Waals surface area contributed by atoms with Crippen molar-refractivity contribution in [1.29, 1.82) is 0 Å². The van der Waals surface area contributed by atoms with Crippen LogP contribution in [0.4, 0.5) is 0 Å². The van der Waals surface area contributed by atoms with Gasteiger partial charge < -0.3 is 19.3 Å². The first-order valence-electron chi connectivity index (χ1n) is 10.7. The largest absolute Gasteiger partial charge is 0.393 e. The van der Waals surface area contributed by atoms with E-state index in [2.05, 4.69) is 39.2 Å². The lowest BCUT2D eigenvalue weighted by atomic mass is 9.89. The quantitative estimate of drug-likeness (QED) is 0.521. The highest BCUT2D eigenvalue weighted by Gasteiger charge is 2.34. The summed E-state index contributed by atoms with van der Waals surface area (Å²) in [4.78, 5) is 0. The van der Waals surface area contributed by atoms with E-state index in [1.54, 1.807) is 0 Å². The summed E-state index contributed by atoms with van der Waals surface area (Å²) in [6.07, 6.45) is 8.43. The summed E-state index contributed by atoms with van der Waals surface area (Å²) in [7, 11) is 0. The molecule has 0 bridgehead atoms. The molecule has 0 amide bonds. The lowest BCUT2D eigenvalue weighted by molar-refractivity contribution is -0.141. The Labute approximate surface area is 171 Å². The monoisotopic (exact) mass is 392 g/mol. The van der Waals surface area contributed by atoms with Gasteiger partial charge in [0.25, 0.3) is 0 Å². The molecule has 2 rings (SSSR count). The minimum absolute atomic E-state index is 0.0313. The average molecular weight is 393 g/mol. The Morgan fingerprint density at radius 1 is 1.29 bits per heavy atom. The highest BCUT2D eigenvalue weighted by molar-refractivity contribution is 5.06. The molecule has 1 N–H and O–H groups in total. The van der Waals surface area contributed by atoms with Crippen LogP contribution >= 0.6 is 0 Å². The molecule has 28 heavy (non-hydrogen) atoms. The molecular weight excluding hydrogens is 352 g/mol. The molecule has 0 aliphatic carbocycles. The molecule has 0 aromatic heterocycles. The highest BCUT2D eigenvalue weighted by Crippen LogP contribution is 2.33. The van der Waals surface area contributed by atoms with Crippen LogP contribution in [0, 0.1) is 11.8 Å². The Bertz CT molecular complexity index is 565. The van der Waals surface area contributed by atoms with Crippen molar-refractivity contribution in [3.8, 4) is 0 Å². The Balaban J connectivity index is 1.73. The van der Waals surface area contributed by atoms with Crippen molar-refractivity contribution in [2.75, 3.05) is 6.61 Å². The maximum Gasteiger partial charge on any atom is 0.163 e. The molecule has 0 saturated carbocycles. The molecule has 2 saturated heterocycles. The van der Waals surface area contributed by atoms with Crippen LogP contribution in [0.15, 0.2) is 36.5 Å². The number of hydrogen-bond acceptors (Lipinski definition) is 4. The smallest absolute Gasteiger partial charge is 0.163 e. The Kier molecular flexibility index (Phi) is 8.50. The number of ether oxygens (including phenoxy) is 3. The van der Waals surface area contributed by atoms with Crippen molar-refractivity contribution in [3.63, 3.8) is 0 Å². The maximum atomic E-state index is 10.5. The first kappa shape index (κ1) is 23.3. The summed E-state index contributed by atoms with van der Waals surface area (Å²) in [6, 6.07) is 0. The predicted octanol–water partition coefficient (Wildman–Crippen LogP) is 5.18. The minimum atomic E-state index is -0.536. The standard InChI is InChI=1S/C24H40O4/c1-16(2)9-8-10-23-19(5)13-21(27-23)12-18(4)17(3)11-20(25)14-22-15-26-24(6,7)28-22/h8,10,17,19-23,25H,1,4,9,11-15H2,2-3,5-7H3/b10-8-/t17-,19+,20+,21-,22+,23+/m0/s1. The fraction of sp³-hybridized carbons (Fsp3) is 0.750. The molecule has 0 spiro atoms. The van der Waals surface area contributed by atoms with E-state index in [-0.39, 0.29) is 24.2 Å². The van der Waals surface area contributed by atoms with Gasteiger partial charge in [0.2, 0.25) is 0 Å². The van der Waals surface area contributed by atoms with Gasteiger partial charge in [-0.25, -0.2) is 0 Å². The van der Waals surface area contributed by atoms with Gasteiger partial charge in [-0.2, -0.15) is 0 Å². The van der Waals surface area contributed by atoms with Crippen molar-refractivity contribution in [3.05, 3.63) is 36.5 Å². The Morgan fingerprint density at radius 3 is 2.61 bits per heavy atom. The van der Waals surface area contributed by atoms with Gasteiger partial charge >= 0.3 is 0 Å². The zero-order valence-corrected chi connectivity index (χ0v) is 18.4. The van der Waals surface area contributed by atoms with Crippen LogP contribution in [0.25, 0.3) is 0 Å². The van der Waals surface area contributed by atoms with Crippen molar-refractivity contribution < 1.29 is 19.3 Å². The molecule has 0 aromatic carbocycles. The highest BCUT2D eigenvalue weighted by atomic mass is 16.7. The third-order valence-electron chi connectivity index (χ3n) is 5.75. The zero-order chi connectivity index (χ0) is 20.9. The molecule has 6 atom stereocenters. The van der Waals surface area contributed by atoms with Gasteiger partial charge in [0.05, 0.1) is 31.0 Å². The topological polar surface area (TPSA) is 47.9 Å². The fourth-order valence-corrected chi connectivity index (χ4v) is 4.08. The SMILES string of the molecule is C=C(C)C/C=C\[C@H]1O[C@@H](CC(=C)[C@@H](C)C[C@@H](O)C[C@@H]2COC(C)(C)O2)C[C@H]1C. The molecule has 0 radical (unpaired) electrons. The number of aliphatic hydroxyl groups excluding tert-OH is 1. The second-order valence-electron chi connectivity index (χ2n) is 9.36. The molecule has 0 unspecified atom stereocenters.